The first kappa shape index (κ1) is 12.4. The number of aromatic nitrogens is 6. The highest BCUT2D eigenvalue weighted by Crippen LogP contribution is 2.27. The standard InChI is InChI=1S/C12H15N7O/c1-4-13-12-15-10-8(6-14-17-10)11(16-12)20-9-5-7(2)18-19(9)3/h5-6H,4H2,1-3H3,(H2,13,14,15,16,17). The molecule has 20 heavy (non-hydrogen) atoms. The minimum atomic E-state index is 0.447. The van der Waals surface area contributed by atoms with Gasteiger partial charge < -0.3 is 10.1 Å². The molecule has 0 aliphatic heterocycles. The quantitative estimate of drug-likeness (QED) is 0.750. The summed E-state index contributed by atoms with van der Waals surface area (Å²) in [5.41, 5.74) is 1.51. The predicted octanol–water partition coefficient (Wildman–Crippen LogP) is 1.62. The highest BCUT2D eigenvalue weighted by Gasteiger charge is 2.13. The minimum Gasteiger partial charge on any atom is -0.420 e. The van der Waals surface area contributed by atoms with E-state index in [9.17, 15) is 0 Å². The van der Waals surface area contributed by atoms with Gasteiger partial charge in [0.25, 0.3) is 0 Å². The molecule has 3 heterocycles. The first-order chi connectivity index (χ1) is 9.67. The highest BCUT2D eigenvalue weighted by atomic mass is 16.5. The fourth-order valence-corrected chi connectivity index (χ4v) is 1.90. The van der Waals surface area contributed by atoms with Gasteiger partial charge in [-0.1, -0.05) is 0 Å². The van der Waals surface area contributed by atoms with Crippen LogP contribution in [0.3, 0.4) is 0 Å². The fourth-order valence-electron chi connectivity index (χ4n) is 1.90. The summed E-state index contributed by atoms with van der Waals surface area (Å²) >= 11 is 0. The van der Waals surface area contributed by atoms with Crippen LogP contribution in [-0.2, 0) is 7.05 Å². The van der Waals surface area contributed by atoms with Gasteiger partial charge in [0.15, 0.2) is 5.65 Å². The van der Waals surface area contributed by atoms with Crippen LogP contribution >= 0.6 is 0 Å². The summed E-state index contributed by atoms with van der Waals surface area (Å²) in [4.78, 5) is 8.68. The zero-order valence-electron chi connectivity index (χ0n) is 11.5. The normalized spacial score (nSPS) is 10.9. The molecule has 0 aliphatic carbocycles. The highest BCUT2D eigenvalue weighted by molar-refractivity contribution is 5.80. The van der Waals surface area contributed by atoms with E-state index in [2.05, 4.69) is 30.6 Å². The maximum Gasteiger partial charge on any atom is 0.237 e. The summed E-state index contributed by atoms with van der Waals surface area (Å²) in [6, 6.07) is 1.85. The Labute approximate surface area is 115 Å². The van der Waals surface area contributed by atoms with E-state index in [4.69, 9.17) is 4.74 Å². The van der Waals surface area contributed by atoms with Crippen LogP contribution in [0.2, 0.25) is 0 Å². The van der Waals surface area contributed by atoms with Crippen LogP contribution in [0.15, 0.2) is 12.3 Å². The Morgan fingerprint density at radius 1 is 1.40 bits per heavy atom. The second-order valence-corrected chi connectivity index (χ2v) is 4.36. The number of H-pyrrole nitrogens is 1. The van der Waals surface area contributed by atoms with Crippen molar-refractivity contribution in [1.29, 1.82) is 0 Å². The molecule has 0 bridgehead atoms. The monoisotopic (exact) mass is 273 g/mol. The number of ether oxygens (including phenoxy) is 1. The van der Waals surface area contributed by atoms with Crippen molar-refractivity contribution in [2.75, 3.05) is 11.9 Å². The molecule has 0 amide bonds. The summed E-state index contributed by atoms with van der Waals surface area (Å²) in [6.07, 6.45) is 1.64. The molecule has 0 fully saturated rings. The lowest BCUT2D eigenvalue weighted by Gasteiger charge is -2.07. The lowest BCUT2D eigenvalue weighted by Crippen LogP contribution is -2.04. The van der Waals surface area contributed by atoms with Crippen molar-refractivity contribution >= 4 is 17.0 Å². The summed E-state index contributed by atoms with van der Waals surface area (Å²) in [7, 11) is 1.82. The molecule has 104 valence electrons. The van der Waals surface area contributed by atoms with Crippen LogP contribution in [0.5, 0.6) is 11.8 Å². The Kier molecular flexibility index (Phi) is 2.97. The van der Waals surface area contributed by atoms with E-state index in [1.807, 2.05) is 27.0 Å². The van der Waals surface area contributed by atoms with Gasteiger partial charge in [-0.15, -0.1) is 0 Å². The van der Waals surface area contributed by atoms with E-state index < -0.39 is 0 Å². The van der Waals surface area contributed by atoms with E-state index in [0.29, 0.717) is 23.4 Å². The molecule has 0 aromatic carbocycles. The third-order valence-corrected chi connectivity index (χ3v) is 2.77. The zero-order chi connectivity index (χ0) is 14.1. The topological polar surface area (TPSA) is 93.5 Å². The molecule has 2 N–H and O–H groups in total. The number of anilines is 1. The Hall–Kier alpha value is -2.64. The van der Waals surface area contributed by atoms with Gasteiger partial charge in [-0.05, 0) is 13.8 Å². The number of hydrogen-bond acceptors (Lipinski definition) is 6. The van der Waals surface area contributed by atoms with Gasteiger partial charge in [0.05, 0.1) is 11.9 Å². The zero-order valence-corrected chi connectivity index (χ0v) is 11.5. The molecule has 3 rings (SSSR count). The summed E-state index contributed by atoms with van der Waals surface area (Å²) < 4.78 is 7.50. The molecule has 3 aromatic heterocycles. The third-order valence-electron chi connectivity index (χ3n) is 2.77. The van der Waals surface area contributed by atoms with Crippen LogP contribution in [0.1, 0.15) is 12.6 Å². The molecule has 0 unspecified atom stereocenters. The van der Waals surface area contributed by atoms with Gasteiger partial charge >= 0.3 is 0 Å². The number of aromatic amines is 1. The number of aryl methyl sites for hydroxylation is 2. The van der Waals surface area contributed by atoms with Crippen LogP contribution in [0.4, 0.5) is 5.95 Å². The first-order valence-corrected chi connectivity index (χ1v) is 6.31. The summed E-state index contributed by atoms with van der Waals surface area (Å²) in [5, 5.41) is 14.8. The average Bonchev–Trinajstić information content (AvgIpc) is 2.97. The number of fused-ring (bicyclic) bond motifs is 1. The molecule has 8 heteroatoms. The van der Waals surface area contributed by atoms with E-state index in [0.717, 1.165) is 17.6 Å². The van der Waals surface area contributed by atoms with Crippen molar-refractivity contribution in [3.05, 3.63) is 18.0 Å². The first-order valence-electron chi connectivity index (χ1n) is 6.31. The van der Waals surface area contributed by atoms with E-state index >= 15 is 0 Å². The van der Waals surface area contributed by atoms with Gasteiger partial charge in [0.1, 0.15) is 5.39 Å². The summed E-state index contributed by atoms with van der Waals surface area (Å²) in [6.45, 7) is 4.61. The molecular weight excluding hydrogens is 258 g/mol. The molecule has 0 aliphatic rings. The minimum absolute atomic E-state index is 0.447. The number of rotatable bonds is 4. The van der Waals surface area contributed by atoms with Crippen molar-refractivity contribution in [3.63, 3.8) is 0 Å². The van der Waals surface area contributed by atoms with Crippen molar-refractivity contribution in [1.82, 2.24) is 29.9 Å². The van der Waals surface area contributed by atoms with Gasteiger partial charge in [-0.3, -0.25) is 5.10 Å². The largest absolute Gasteiger partial charge is 0.420 e. The second-order valence-electron chi connectivity index (χ2n) is 4.36. The molecule has 0 radical (unpaired) electrons. The van der Waals surface area contributed by atoms with E-state index in [1.165, 1.54) is 0 Å². The Bertz CT molecular complexity index is 745. The molecule has 0 saturated carbocycles. The van der Waals surface area contributed by atoms with Gasteiger partial charge in [-0.2, -0.15) is 20.2 Å². The van der Waals surface area contributed by atoms with Crippen molar-refractivity contribution in [2.24, 2.45) is 7.05 Å². The second kappa shape index (κ2) is 4.80. The van der Waals surface area contributed by atoms with Crippen molar-refractivity contribution in [2.45, 2.75) is 13.8 Å². The Morgan fingerprint density at radius 3 is 2.95 bits per heavy atom. The van der Waals surface area contributed by atoms with Crippen molar-refractivity contribution in [3.8, 4) is 11.8 Å². The maximum absolute atomic E-state index is 5.84. The van der Waals surface area contributed by atoms with Gasteiger partial charge in [0, 0.05) is 19.7 Å². The van der Waals surface area contributed by atoms with Gasteiger partial charge in [0.2, 0.25) is 17.7 Å². The SMILES string of the molecule is CCNc1nc(Oc2cc(C)nn2C)c2cn[nH]c2n1. The molecule has 8 nitrogen and oxygen atoms in total. The molecule has 0 saturated heterocycles. The lowest BCUT2D eigenvalue weighted by atomic mass is 10.4. The van der Waals surface area contributed by atoms with Crippen LogP contribution in [-0.4, -0.2) is 36.5 Å². The van der Waals surface area contributed by atoms with E-state index in [1.54, 1.807) is 10.9 Å². The molecular formula is C12H15N7O. The van der Waals surface area contributed by atoms with E-state index in [-0.39, 0.29) is 0 Å². The summed E-state index contributed by atoms with van der Waals surface area (Å²) in [5.74, 6) is 1.56. The van der Waals surface area contributed by atoms with Gasteiger partial charge in [-0.25, -0.2) is 4.68 Å². The molecule has 0 spiro atoms. The fraction of sp³-hybridized carbons (Fsp3) is 0.333. The maximum atomic E-state index is 5.84. The van der Waals surface area contributed by atoms with Crippen molar-refractivity contribution < 1.29 is 4.74 Å². The van der Waals surface area contributed by atoms with Crippen LogP contribution in [0, 0.1) is 6.92 Å². The smallest absolute Gasteiger partial charge is 0.237 e. The lowest BCUT2D eigenvalue weighted by molar-refractivity contribution is 0.420. The van der Waals surface area contributed by atoms with Crippen LogP contribution < -0.4 is 10.1 Å². The molecule has 0 atom stereocenters. The Morgan fingerprint density at radius 2 is 2.25 bits per heavy atom. The number of hydrogen-bond donors (Lipinski definition) is 2. The predicted molar refractivity (Wildman–Crippen MR) is 73.9 cm³/mol. The number of nitrogens with one attached hydrogen (secondary N) is 2. The third kappa shape index (κ3) is 2.15. The Balaban J connectivity index is 2.05. The molecule has 3 aromatic rings. The van der Waals surface area contributed by atoms with Crippen LogP contribution in [0.25, 0.3) is 11.0 Å². The average molecular weight is 273 g/mol. The number of nitrogens with zero attached hydrogens (tertiary/aromatic N) is 5.